The Kier molecular flexibility index (Phi) is 6.27. The van der Waals surface area contributed by atoms with Crippen LogP contribution >= 0.6 is 11.8 Å². The summed E-state index contributed by atoms with van der Waals surface area (Å²) in [6.45, 7) is 4.58. The molecule has 116 valence electrons. The van der Waals surface area contributed by atoms with Crippen LogP contribution in [-0.2, 0) is 6.54 Å². The van der Waals surface area contributed by atoms with Crippen LogP contribution in [0.4, 0.5) is 4.79 Å². The number of pyridine rings is 1. The monoisotopic (exact) mass is 315 g/mol. The van der Waals surface area contributed by atoms with Gasteiger partial charge in [-0.1, -0.05) is 25.1 Å². The maximum absolute atomic E-state index is 11.9. The van der Waals surface area contributed by atoms with Gasteiger partial charge in [-0.2, -0.15) is 0 Å². The van der Waals surface area contributed by atoms with Crippen LogP contribution in [0, 0.1) is 0 Å². The van der Waals surface area contributed by atoms with Crippen molar-refractivity contribution in [2.24, 2.45) is 0 Å². The molecule has 1 heterocycles. The highest BCUT2D eigenvalue weighted by Crippen LogP contribution is 2.20. The molecule has 0 fully saturated rings. The molecule has 0 radical (unpaired) electrons. The molecule has 0 spiro atoms. The van der Waals surface area contributed by atoms with Gasteiger partial charge in [-0.3, -0.25) is 4.98 Å². The Labute approximate surface area is 135 Å². The number of carbonyl (C=O) groups is 1. The van der Waals surface area contributed by atoms with Crippen molar-refractivity contribution in [3.05, 3.63) is 59.9 Å². The highest BCUT2D eigenvalue weighted by molar-refractivity contribution is 7.99. The molecule has 2 N–H and O–H groups in total. The summed E-state index contributed by atoms with van der Waals surface area (Å²) in [7, 11) is 0. The number of benzene rings is 1. The molecular formula is C17H21N3OS. The average Bonchev–Trinajstić information content (AvgIpc) is 2.55. The van der Waals surface area contributed by atoms with Crippen molar-refractivity contribution in [1.29, 1.82) is 0 Å². The molecule has 2 rings (SSSR count). The zero-order valence-electron chi connectivity index (χ0n) is 12.9. The lowest BCUT2D eigenvalue weighted by molar-refractivity contribution is 0.237. The molecule has 1 unspecified atom stereocenters. The third-order valence-electron chi connectivity index (χ3n) is 3.21. The van der Waals surface area contributed by atoms with Gasteiger partial charge in [0.2, 0.25) is 0 Å². The average molecular weight is 315 g/mol. The summed E-state index contributed by atoms with van der Waals surface area (Å²) in [6, 6.07) is 11.9. The van der Waals surface area contributed by atoms with Gasteiger partial charge in [-0.05, 0) is 42.0 Å². The largest absolute Gasteiger partial charge is 0.334 e. The van der Waals surface area contributed by atoms with E-state index >= 15 is 0 Å². The first-order chi connectivity index (χ1) is 10.7. The standard InChI is InChI=1S/C17H21N3OS/c1-3-22-16-8-6-15(7-9-16)13(2)20-17(21)19-12-14-5-4-10-18-11-14/h4-11,13H,3,12H2,1-2H3,(H2,19,20,21). The van der Waals surface area contributed by atoms with Gasteiger partial charge in [0, 0.05) is 23.8 Å². The van der Waals surface area contributed by atoms with Gasteiger partial charge in [0.15, 0.2) is 0 Å². The van der Waals surface area contributed by atoms with Crippen LogP contribution in [0.15, 0.2) is 53.7 Å². The lowest BCUT2D eigenvalue weighted by Crippen LogP contribution is -2.36. The van der Waals surface area contributed by atoms with Gasteiger partial charge in [-0.15, -0.1) is 11.8 Å². The first-order valence-corrected chi connectivity index (χ1v) is 8.33. The van der Waals surface area contributed by atoms with Crippen LogP contribution in [0.1, 0.15) is 31.0 Å². The van der Waals surface area contributed by atoms with Crippen LogP contribution in [0.3, 0.4) is 0 Å². The van der Waals surface area contributed by atoms with Crippen LogP contribution in [-0.4, -0.2) is 16.8 Å². The Bertz CT molecular complexity index is 587. The van der Waals surface area contributed by atoms with E-state index in [9.17, 15) is 4.79 Å². The molecule has 0 saturated heterocycles. The van der Waals surface area contributed by atoms with Crippen molar-refractivity contribution in [3.8, 4) is 0 Å². The van der Waals surface area contributed by atoms with E-state index in [1.807, 2.05) is 30.8 Å². The molecule has 2 aromatic rings. The zero-order valence-corrected chi connectivity index (χ0v) is 13.7. The third kappa shape index (κ3) is 5.07. The minimum Gasteiger partial charge on any atom is -0.334 e. The van der Waals surface area contributed by atoms with E-state index in [-0.39, 0.29) is 12.1 Å². The molecule has 2 amide bonds. The number of hydrogen-bond donors (Lipinski definition) is 2. The molecule has 5 heteroatoms. The fraction of sp³-hybridized carbons (Fsp3) is 0.294. The first-order valence-electron chi connectivity index (χ1n) is 7.35. The smallest absolute Gasteiger partial charge is 0.315 e. The number of nitrogens with zero attached hydrogens (tertiary/aromatic N) is 1. The van der Waals surface area contributed by atoms with Crippen LogP contribution < -0.4 is 10.6 Å². The van der Waals surface area contributed by atoms with E-state index in [1.165, 1.54) is 4.90 Å². The second kappa shape index (κ2) is 8.44. The number of aromatic nitrogens is 1. The molecule has 1 aromatic heterocycles. The van der Waals surface area contributed by atoms with E-state index in [1.54, 1.807) is 12.4 Å². The second-order valence-electron chi connectivity index (χ2n) is 4.91. The van der Waals surface area contributed by atoms with E-state index in [4.69, 9.17) is 0 Å². The summed E-state index contributed by atoms with van der Waals surface area (Å²) >= 11 is 1.81. The van der Waals surface area contributed by atoms with Crippen molar-refractivity contribution in [3.63, 3.8) is 0 Å². The first kappa shape index (κ1) is 16.4. The van der Waals surface area contributed by atoms with Gasteiger partial charge in [-0.25, -0.2) is 4.79 Å². The summed E-state index contributed by atoms with van der Waals surface area (Å²) in [5.74, 6) is 1.06. The van der Waals surface area contributed by atoms with Crippen molar-refractivity contribution in [2.45, 2.75) is 31.3 Å². The molecule has 1 atom stereocenters. The molecule has 0 saturated carbocycles. The number of urea groups is 1. The highest BCUT2D eigenvalue weighted by Gasteiger charge is 2.09. The fourth-order valence-electron chi connectivity index (χ4n) is 2.04. The van der Waals surface area contributed by atoms with E-state index < -0.39 is 0 Å². The van der Waals surface area contributed by atoms with Crippen LogP contribution in [0.5, 0.6) is 0 Å². The Balaban J connectivity index is 1.82. The van der Waals surface area contributed by atoms with Crippen molar-refractivity contribution in [2.75, 3.05) is 5.75 Å². The Hall–Kier alpha value is -2.01. The van der Waals surface area contributed by atoms with Gasteiger partial charge in [0.05, 0.1) is 6.04 Å². The lowest BCUT2D eigenvalue weighted by Gasteiger charge is -2.15. The number of nitrogens with one attached hydrogen (secondary N) is 2. The topological polar surface area (TPSA) is 54.0 Å². The van der Waals surface area contributed by atoms with E-state index in [0.29, 0.717) is 6.54 Å². The quantitative estimate of drug-likeness (QED) is 0.798. The maximum Gasteiger partial charge on any atom is 0.315 e. The van der Waals surface area contributed by atoms with Gasteiger partial charge < -0.3 is 10.6 Å². The number of thioether (sulfide) groups is 1. The number of amides is 2. The fourth-order valence-corrected chi connectivity index (χ4v) is 2.70. The Morgan fingerprint density at radius 3 is 2.68 bits per heavy atom. The summed E-state index contributed by atoms with van der Waals surface area (Å²) in [4.78, 5) is 17.2. The molecule has 0 aliphatic rings. The minimum absolute atomic E-state index is 0.0328. The predicted molar refractivity (Wildman–Crippen MR) is 90.9 cm³/mol. The van der Waals surface area contributed by atoms with Gasteiger partial charge in [0.1, 0.15) is 0 Å². The van der Waals surface area contributed by atoms with E-state index in [2.05, 4.69) is 46.8 Å². The molecular weight excluding hydrogens is 294 g/mol. The molecule has 4 nitrogen and oxygen atoms in total. The molecule has 0 aliphatic heterocycles. The lowest BCUT2D eigenvalue weighted by atomic mass is 10.1. The Morgan fingerprint density at radius 2 is 2.05 bits per heavy atom. The summed E-state index contributed by atoms with van der Waals surface area (Å²) in [5.41, 5.74) is 2.07. The van der Waals surface area contributed by atoms with Crippen molar-refractivity contribution in [1.82, 2.24) is 15.6 Å². The van der Waals surface area contributed by atoms with Gasteiger partial charge >= 0.3 is 6.03 Å². The number of rotatable bonds is 6. The molecule has 0 aliphatic carbocycles. The van der Waals surface area contributed by atoms with Crippen LogP contribution in [0.25, 0.3) is 0 Å². The van der Waals surface area contributed by atoms with Crippen molar-refractivity contribution >= 4 is 17.8 Å². The van der Waals surface area contributed by atoms with E-state index in [0.717, 1.165) is 16.9 Å². The third-order valence-corrected chi connectivity index (χ3v) is 4.11. The number of carbonyl (C=O) groups excluding carboxylic acids is 1. The SMILES string of the molecule is CCSc1ccc(C(C)NC(=O)NCc2cccnc2)cc1. The van der Waals surface area contributed by atoms with Gasteiger partial charge in [0.25, 0.3) is 0 Å². The number of hydrogen-bond acceptors (Lipinski definition) is 3. The highest BCUT2D eigenvalue weighted by atomic mass is 32.2. The summed E-state index contributed by atoms with van der Waals surface area (Å²) < 4.78 is 0. The second-order valence-corrected chi connectivity index (χ2v) is 6.25. The maximum atomic E-state index is 11.9. The van der Waals surface area contributed by atoms with Crippen molar-refractivity contribution < 1.29 is 4.79 Å². The molecule has 1 aromatic carbocycles. The normalized spacial score (nSPS) is 11.7. The molecule has 22 heavy (non-hydrogen) atoms. The minimum atomic E-state index is -0.177. The predicted octanol–water partition coefficient (Wildman–Crippen LogP) is 3.75. The summed E-state index contributed by atoms with van der Waals surface area (Å²) in [5, 5.41) is 5.78. The zero-order chi connectivity index (χ0) is 15.8. The Morgan fingerprint density at radius 1 is 1.27 bits per heavy atom. The molecule has 0 bridgehead atoms. The van der Waals surface area contributed by atoms with Crippen LogP contribution in [0.2, 0.25) is 0 Å². The summed E-state index contributed by atoms with van der Waals surface area (Å²) in [6.07, 6.45) is 3.46.